The fourth-order valence-electron chi connectivity index (χ4n) is 3.08. The van der Waals surface area contributed by atoms with Crippen LogP contribution in [0.25, 0.3) is 11.3 Å². The molecule has 0 aliphatic carbocycles. The van der Waals surface area contributed by atoms with E-state index in [-0.39, 0.29) is 10.5 Å². The van der Waals surface area contributed by atoms with Crippen molar-refractivity contribution in [3.05, 3.63) is 63.5 Å². The van der Waals surface area contributed by atoms with Crippen molar-refractivity contribution in [1.82, 2.24) is 9.29 Å². The quantitative estimate of drug-likeness (QED) is 0.357. The van der Waals surface area contributed by atoms with Gasteiger partial charge in [-0.25, -0.2) is 18.2 Å². The Balaban J connectivity index is 1.62. The fraction of sp³-hybridized carbons (Fsp3) is 0.261. The molecule has 0 radical (unpaired) electrons. The van der Waals surface area contributed by atoms with Crippen molar-refractivity contribution < 1.29 is 22.7 Å². The third-order valence-corrected chi connectivity index (χ3v) is 8.60. The van der Waals surface area contributed by atoms with Gasteiger partial charge in [-0.15, -0.1) is 11.3 Å². The second kappa shape index (κ2) is 11.5. The summed E-state index contributed by atoms with van der Waals surface area (Å²) in [5, 5.41) is 5.51. The highest BCUT2D eigenvalue weighted by Crippen LogP contribution is 2.30. The third-order valence-electron chi connectivity index (χ3n) is 5.04. The molecule has 12 heteroatoms. The Morgan fingerprint density at radius 1 is 1.09 bits per heavy atom. The second-order valence-corrected chi connectivity index (χ2v) is 10.9. The number of esters is 1. The minimum Gasteiger partial charge on any atom is -0.449 e. The number of hydrogen-bond donors (Lipinski definition) is 1. The maximum Gasteiger partial charge on any atom is 0.338 e. The number of carbonyl (C=O) groups excluding carboxylic acids is 2. The topological polar surface area (TPSA) is 106 Å². The van der Waals surface area contributed by atoms with Crippen molar-refractivity contribution in [3.63, 3.8) is 0 Å². The normalized spacial score (nSPS) is 12.4. The van der Waals surface area contributed by atoms with Crippen LogP contribution in [0.5, 0.6) is 0 Å². The summed E-state index contributed by atoms with van der Waals surface area (Å²) >= 11 is 13.2. The molecule has 0 saturated heterocycles. The Morgan fingerprint density at radius 2 is 1.74 bits per heavy atom. The van der Waals surface area contributed by atoms with Crippen LogP contribution in [0.3, 0.4) is 0 Å². The summed E-state index contributed by atoms with van der Waals surface area (Å²) < 4.78 is 31.7. The molecule has 1 heterocycles. The summed E-state index contributed by atoms with van der Waals surface area (Å²) in [6.45, 7) is 5.60. The summed E-state index contributed by atoms with van der Waals surface area (Å²) in [7, 11) is -3.64. The Hall–Kier alpha value is -2.50. The largest absolute Gasteiger partial charge is 0.449 e. The van der Waals surface area contributed by atoms with Crippen LogP contribution in [0, 0.1) is 0 Å². The number of rotatable bonds is 9. The van der Waals surface area contributed by atoms with E-state index >= 15 is 0 Å². The van der Waals surface area contributed by atoms with E-state index in [1.807, 2.05) is 0 Å². The Kier molecular flexibility index (Phi) is 8.89. The maximum atomic E-state index is 12.6. The predicted octanol–water partition coefficient (Wildman–Crippen LogP) is 5.33. The predicted molar refractivity (Wildman–Crippen MR) is 138 cm³/mol. The minimum absolute atomic E-state index is 0.0742. The highest BCUT2D eigenvalue weighted by atomic mass is 35.5. The highest BCUT2D eigenvalue weighted by Gasteiger charge is 2.23. The van der Waals surface area contributed by atoms with Gasteiger partial charge in [0, 0.05) is 24.0 Å². The number of thiazole rings is 1. The molecule has 1 amide bonds. The van der Waals surface area contributed by atoms with Gasteiger partial charge < -0.3 is 4.74 Å². The van der Waals surface area contributed by atoms with E-state index in [1.54, 1.807) is 37.4 Å². The Labute approximate surface area is 217 Å². The van der Waals surface area contributed by atoms with Crippen LogP contribution in [-0.4, -0.2) is 48.8 Å². The second-order valence-electron chi connectivity index (χ2n) is 7.32. The first-order chi connectivity index (χ1) is 16.6. The number of halogens is 2. The number of aromatic nitrogens is 1. The standard InChI is InChI=1S/C23H23Cl2N3O5S2/c1-4-28(5-2)35(31,32)17-9-6-15(7-10-17)22(30)33-14(3)21(29)27-23-26-20(13-34-23)16-8-11-18(24)19(25)12-16/h6-14H,4-5H2,1-3H3,(H,26,27,29)/t14-/m1/s1. The first kappa shape index (κ1) is 27.1. The molecule has 1 N–H and O–H groups in total. The molecule has 0 spiro atoms. The zero-order valence-electron chi connectivity index (χ0n) is 19.1. The summed E-state index contributed by atoms with van der Waals surface area (Å²) in [6.07, 6.45) is -1.11. The molecular weight excluding hydrogens is 533 g/mol. The van der Waals surface area contributed by atoms with E-state index in [4.69, 9.17) is 27.9 Å². The summed E-state index contributed by atoms with van der Waals surface area (Å²) in [5.74, 6) is -1.32. The van der Waals surface area contributed by atoms with Crippen LogP contribution in [0.4, 0.5) is 5.13 Å². The average Bonchev–Trinajstić information content (AvgIpc) is 3.29. The Bertz CT molecular complexity index is 1320. The number of hydrogen-bond acceptors (Lipinski definition) is 7. The van der Waals surface area contributed by atoms with E-state index < -0.39 is 28.0 Å². The zero-order chi connectivity index (χ0) is 25.8. The van der Waals surface area contributed by atoms with Crippen molar-refractivity contribution in [2.24, 2.45) is 0 Å². The van der Waals surface area contributed by atoms with Crippen molar-refractivity contribution in [2.75, 3.05) is 18.4 Å². The van der Waals surface area contributed by atoms with E-state index in [2.05, 4.69) is 10.3 Å². The van der Waals surface area contributed by atoms with Crippen LogP contribution < -0.4 is 5.32 Å². The number of nitrogens with one attached hydrogen (secondary N) is 1. The lowest BCUT2D eigenvalue weighted by atomic mass is 10.2. The summed E-state index contributed by atoms with van der Waals surface area (Å²) in [5.41, 5.74) is 1.47. The van der Waals surface area contributed by atoms with Crippen LogP contribution in [0.1, 0.15) is 31.1 Å². The van der Waals surface area contributed by atoms with Crippen molar-refractivity contribution >= 4 is 61.6 Å². The van der Waals surface area contributed by atoms with Gasteiger partial charge in [-0.3, -0.25) is 10.1 Å². The molecular formula is C23H23Cl2N3O5S2. The highest BCUT2D eigenvalue weighted by molar-refractivity contribution is 7.89. The lowest BCUT2D eigenvalue weighted by Gasteiger charge is -2.18. The first-order valence-corrected chi connectivity index (χ1v) is 13.7. The molecule has 0 aliphatic heterocycles. The molecule has 0 unspecified atom stereocenters. The van der Waals surface area contributed by atoms with Gasteiger partial charge in [-0.1, -0.05) is 43.1 Å². The molecule has 3 aromatic rings. The van der Waals surface area contributed by atoms with E-state index in [0.717, 1.165) is 5.56 Å². The monoisotopic (exact) mass is 555 g/mol. The number of sulfonamides is 1. The lowest BCUT2D eigenvalue weighted by molar-refractivity contribution is -0.123. The van der Waals surface area contributed by atoms with Crippen LogP contribution in [-0.2, 0) is 19.6 Å². The molecule has 0 saturated carbocycles. The van der Waals surface area contributed by atoms with Crippen molar-refractivity contribution in [2.45, 2.75) is 31.8 Å². The smallest absolute Gasteiger partial charge is 0.338 e. The molecule has 1 atom stereocenters. The van der Waals surface area contributed by atoms with Gasteiger partial charge in [0.25, 0.3) is 5.91 Å². The fourth-order valence-corrected chi connectivity index (χ4v) is 5.56. The SMILES string of the molecule is CCN(CC)S(=O)(=O)c1ccc(C(=O)O[C@H](C)C(=O)Nc2nc(-c3ccc(Cl)c(Cl)c3)cs2)cc1. The lowest BCUT2D eigenvalue weighted by Crippen LogP contribution is -2.31. The maximum absolute atomic E-state index is 12.6. The molecule has 0 fully saturated rings. The van der Waals surface area contributed by atoms with E-state index in [9.17, 15) is 18.0 Å². The van der Waals surface area contributed by atoms with Gasteiger partial charge in [-0.05, 0) is 43.3 Å². The van der Waals surface area contributed by atoms with Gasteiger partial charge in [-0.2, -0.15) is 4.31 Å². The van der Waals surface area contributed by atoms with Gasteiger partial charge in [0.1, 0.15) is 0 Å². The third kappa shape index (κ3) is 6.39. The Morgan fingerprint density at radius 3 is 2.34 bits per heavy atom. The molecule has 1 aromatic heterocycles. The number of ether oxygens (including phenoxy) is 1. The number of carbonyl (C=O) groups is 2. The van der Waals surface area contributed by atoms with Crippen LogP contribution in [0.15, 0.2) is 52.7 Å². The van der Waals surface area contributed by atoms with Crippen LogP contribution in [0.2, 0.25) is 10.0 Å². The van der Waals surface area contributed by atoms with Gasteiger partial charge in [0.05, 0.1) is 26.2 Å². The molecule has 3 rings (SSSR count). The summed E-state index contributed by atoms with van der Waals surface area (Å²) in [4.78, 5) is 29.4. The molecule has 35 heavy (non-hydrogen) atoms. The van der Waals surface area contributed by atoms with Gasteiger partial charge >= 0.3 is 5.97 Å². The number of amides is 1. The molecule has 0 bridgehead atoms. The van der Waals surface area contributed by atoms with Crippen molar-refractivity contribution in [3.8, 4) is 11.3 Å². The number of anilines is 1. The molecule has 0 aliphatic rings. The zero-order valence-corrected chi connectivity index (χ0v) is 22.3. The van der Waals surface area contributed by atoms with E-state index in [0.29, 0.717) is 34.0 Å². The molecule has 8 nitrogen and oxygen atoms in total. The van der Waals surface area contributed by atoms with E-state index in [1.165, 1.54) is 46.8 Å². The summed E-state index contributed by atoms with van der Waals surface area (Å²) in [6, 6.07) is 10.5. The van der Waals surface area contributed by atoms with Crippen LogP contribution >= 0.6 is 34.5 Å². The minimum atomic E-state index is -3.64. The molecule has 2 aromatic carbocycles. The number of benzene rings is 2. The van der Waals surface area contributed by atoms with Gasteiger partial charge in [0.15, 0.2) is 11.2 Å². The molecule has 186 valence electrons. The number of nitrogens with zero attached hydrogens (tertiary/aromatic N) is 2. The van der Waals surface area contributed by atoms with Crippen molar-refractivity contribution in [1.29, 1.82) is 0 Å². The average molecular weight is 556 g/mol. The van der Waals surface area contributed by atoms with Gasteiger partial charge in [0.2, 0.25) is 10.0 Å². The first-order valence-electron chi connectivity index (χ1n) is 10.6.